The summed E-state index contributed by atoms with van der Waals surface area (Å²) in [6.45, 7) is 0. The predicted molar refractivity (Wildman–Crippen MR) is 87.5 cm³/mol. The van der Waals surface area contributed by atoms with Crippen LogP contribution in [-0.4, -0.2) is 23.0 Å². The van der Waals surface area contributed by atoms with Gasteiger partial charge in [0.25, 0.3) is 0 Å². The number of carbonyl (C=O) groups is 1. The number of anilines is 1. The summed E-state index contributed by atoms with van der Waals surface area (Å²) < 4.78 is 0. The van der Waals surface area contributed by atoms with Crippen LogP contribution in [0.3, 0.4) is 0 Å². The van der Waals surface area contributed by atoms with Gasteiger partial charge < -0.3 is 0 Å². The Kier molecular flexibility index (Phi) is 3.54. The third kappa shape index (κ3) is 2.23. The lowest BCUT2D eigenvalue weighted by atomic mass is 9.95. The molecule has 1 unspecified atom stereocenters. The average molecular weight is 300 g/mol. The van der Waals surface area contributed by atoms with E-state index in [9.17, 15) is 4.79 Å². The summed E-state index contributed by atoms with van der Waals surface area (Å²) >= 11 is 6.93. The van der Waals surface area contributed by atoms with Crippen molar-refractivity contribution in [2.45, 2.75) is 4.90 Å². The topological polar surface area (TPSA) is 32.7 Å². The van der Waals surface area contributed by atoms with Gasteiger partial charge in [-0.3, -0.25) is 9.69 Å². The number of aliphatic imine (C=N–C) groups is 1. The number of hydrogen-bond donors (Lipinski definition) is 0. The third-order valence-electron chi connectivity index (χ3n) is 3.23. The number of amides is 1. The molecular weight excluding hydrogens is 288 g/mol. The van der Waals surface area contributed by atoms with Crippen molar-refractivity contribution in [3.05, 3.63) is 48.6 Å². The van der Waals surface area contributed by atoms with Crippen LogP contribution in [0.5, 0.6) is 0 Å². The highest BCUT2D eigenvalue weighted by molar-refractivity contribution is 7.98. The molecule has 20 heavy (non-hydrogen) atoms. The van der Waals surface area contributed by atoms with E-state index in [1.54, 1.807) is 11.8 Å². The van der Waals surface area contributed by atoms with Gasteiger partial charge in [0.05, 0.1) is 17.3 Å². The number of fused-ring (bicyclic) bond motifs is 1. The van der Waals surface area contributed by atoms with E-state index < -0.39 is 0 Å². The number of thioether (sulfide) groups is 1. The molecule has 0 bridgehead atoms. The molecular formula is C15H12N2OS2. The number of nitrogens with zero attached hydrogens (tertiary/aromatic N) is 2. The van der Waals surface area contributed by atoms with Gasteiger partial charge >= 0.3 is 0 Å². The fourth-order valence-corrected chi connectivity index (χ4v) is 2.92. The molecule has 1 atom stereocenters. The van der Waals surface area contributed by atoms with E-state index >= 15 is 0 Å². The van der Waals surface area contributed by atoms with Gasteiger partial charge in [-0.2, -0.15) is 0 Å². The van der Waals surface area contributed by atoms with E-state index in [-0.39, 0.29) is 11.8 Å². The van der Waals surface area contributed by atoms with Crippen LogP contribution in [0.1, 0.15) is 0 Å². The summed E-state index contributed by atoms with van der Waals surface area (Å²) in [7, 11) is 0. The van der Waals surface area contributed by atoms with Crippen LogP contribution in [0.4, 0.5) is 5.69 Å². The molecule has 2 aliphatic rings. The van der Waals surface area contributed by atoms with Crippen molar-refractivity contribution in [3.63, 3.8) is 0 Å². The molecule has 1 aromatic carbocycles. The van der Waals surface area contributed by atoms with Crippen molar-refractivity contribution in [3.8, 4) is 0 Å². The Morgan fingerprint density at radius 1 is 1.25 bits per heavy atom. The van der Waals surface area contributed by atoms with Gasteiger partial charge in [-0.25, -0.2) is 4.99 Å². The van der Waals surface area contributed by atoms with Crippen molar-refractivity contribution >= 4 is 46.4 Å². The molecule has 1 aromatic rings. The van der Waals surface area contributed by atoms with Crippen molar-refractivity contribution in [1.82, 2.24) is 0 Å². The normalized spacial score (nSPS) is 20.9. The van der Waals surface area contributed by atoms with Crippen LogP contribution < -0.4 is 4.90 Å². The Morgan fingerprint density at radius 2 is 2.00 bits per heavy atom. The van der Waals surface area contributed by atoms with E-state index in [1.807, 2.05) is 54.8 Å². The van der Waals surface area contributed by atoms with Crippen LogP contribution in [0, 0.1) is 5.92 Å². The second kappa shape index (κ2) is 5.34. The highest BCUT2D eigenvalue weighted by Gasteiger charge is 2.34. The fourth-order valence-electron chi connectivity index (χ4n) is 2.21. The molecule has 3 rings (SSSR count). The summed E-state index contributed by atoms with van der Waals surface area (Å²) in [5.74, 6) is -0.371. The molecule has 0 spiro atoms. The van der Waals surface area contributed by atoms with Gasteiger partial charge in [0.15, 0.2) is 0 Å². The van der Waals surface area contributed by atoms with E-state index in [0.29, 0.717) is 5.11 Å². The molecule has 0 fully saturated rings. The summed E-state index contributed by atoms with van der Waals surface area (Å²) in [5, 5.41) is 0.304. The summed E-state index contributed by atoms with van der Waals surface area (Å²) in [4.78, 5) is 19.6. The maximum absolute atomic E-state index is 12.6. The predicted octanol–water partition coefficient (Wildman–Crippen LogP) is 3.22. The van der Waals surface area contributed by atoms with E-state index in [1.165, 1.54) is 4.90 Å². The number of thiocarbonyl (C=S) groups is 1. The van der Waals surface area contributed by atoms with Crippen LogP contribution in [0.25, 0.3) is 0 Å². The Labute approximate surface area is 127 Å². The number of hydrogen-bond acceptors (Lipinski definition) is 3. The minimum absolute atomic E-state index is 0.0440. The Morgan fingerprint density at radius 3 is 2.70 bits per heavy atom. The number of carbonyl (C=O) groups excluding carboxylic acids is 1. The molecule has 0 saturated carbocycles. The smallest absolute Gasteiger partial charge is 0.246 e. The molecule has 0 aromatic heterocycles. The zero-order chi connectivity index (χ0) is 14.1. The van der Waals surface area contributed by atoms with Gasteiger partial charge in [-0.1, -0.05) is 18.2 Å². The Bertz CT molecular complexity index is 659. The van der Waals surface area contributed by atoms with Crippen LogP contribution in [0.2, 0.25) is 0 Å². The van der Waals surface area contributed by atoms with Crippen molar-refractivity contribution in [2.24, 2.45) is 10.9 Å². The lowest BCUT2D eigenvalue weighted by Crippen LogP contribution is -2.46. The molecule has 1 heterocycles. The Balaban J connectivity index is 1.99. The zero-order valence-electron chi connectivity index (χ0n) is 10.8. The lowest BCUT2D eigenvalue weighted by molar-refractivity contribution is -0.118. The van der Waals surface area contributed by atoms with E-state index in [2.05, 4.69) is 4.99 Å². The van der Waals surface area contributed by atoms with Crippen molar-refractivity contribution in [2.75, 3.05) is 11.2 Å². The van der Waals surface area contributed by atoms with Gasteiger partial charge in [0.2, 0.25) is 11.0 Å². The Hall–Kier alpha value is -1.72. The molecule has 5 heteroatoms. The molecule has 1 aliphatic heterocycles. The molecule has 0 N–H and O–H groups in total. The largest absolute Gasteiger partial charge is 0.273 e. The van der Waals surface area contributed by atoms with E-state index in [0.717, 1.165) is 16.3 Å². The molecule has 3 nitrogen and oxygen atoms in total. The lowest BCUT2D eigenvalue weighted by Gasteiger charge is -2.30. The summed E-state index contributed by atoms with van der Waals surface area (Å²) in [6.07, 6.45) is 9.44. The first-order chi connectivity index (χ1) is 9.70. The molecule has 1 aliphatic carbocycles. The van der Waals surface area contributed by atoms with Gasteiger partial charge in [-0.15, -0.1) is 11.8 Å². The first-order valence-corrected chi connectivity index (χ1v) is 7.79. The minimum atomic E-state index is -0.327. The quantitative estimate of drug-likeness (QED) is 0.621. The highest BCUT2D eigenvalue weighted by atomic mass is 32.2. The second-order valence-electron chi connectivity index (χ2n) is 4.41. The van der Waals surface area contributed by atoms with Crippen molar-refractivity contribution in [1.29, 1.82) is 0 Å². The summed E-state index contributed by atoms with van der Waals surface area (Å²) in [5.41, 5.74) is 1.49. The number of benzene rings is 1. The average Bonchev–Trinajstić information content (AvgIpc) is 2.48. The first kappa shape index (κ1) is 13.3. The monoisotopic (exact) mass is 300 g/mol. The van der Waals surface area contributed by atoms with Crippen LogP contribution in [-0.2, 0) is 4.79 Å². The maximum Gasteiger partial charge on any atom is 0.246 e. The van der Waals surface area contributed by atoms with Gasteiger partial charge in [0.1, 0.15) is 0 Å². The molecule has 0 radical (unpaired) electrons. The SMILES string of the molecule is CSc1ccc(N2C(=O)C3C=CC=CC3=NC2=S)cc1. The van der Waals surface area contributed by atoms with Gasteiger partial charge in [0, 0.05) is 4.90 Å². The maximum atomic E-state index is 12.6. The number of rotatable bonds is 2. The van der Waals surface area contributed by atoms with E-state index in [4.69, 9.17) is 12.2 Å². The zero-order valence-corrected chi connectivity index (χ0v) is 12.4. The summed E-state index contributed by atoms with van der Waals surface area (Å²) in [6, 6.07) is 7.76. The third-order valence-corrected chi connectivity index (χ3v) is 4.25. The fraction of sp³-hybridized carbons (Fsp3) is 0.133. The molecule has 1 amide bonds. The minimum Gasteiger partial charge on any atom is -0.273 e. The standard InChI is InChI=1S/C15H12N2OS2/c1-20-11-8-6-10(7-9-11)17-14(18)12-4-2-3-5-13(12)16-15(17)19/h2-9,12H,1H3. The first-order valence-electron chi connectivity index (χ1n) is 6.16. The van der Waals surface area contributed by atoms with Crippen LogP contribution >= 0.6 is 24.0 Å². The number of allylic oxidation sites excluding steroid dienone is 3. The van der Waals surface area contributed by atoms with Crippen molar-refractivity contribution < 1.29 is 4.79 Å². The second-order valence-corrected chi connectivity index (χ2v) is 5.66. The highest BCUT2D eigenvalue weighted by Crippen LogP contribution is 2.27. The van der Waals surface area contributed by atoms with Gasteiger partial charge in [-0.05, 0) is 48.8 Å². The molecule has 0 saturated heterocycles. The van der Waals surface area contributed by atoms with Crippen LogP contribution in [0.15, 0.2) is 58.5 Å². The molecule has 100 valence electrons.